The first kappa shape index (κ1) is 15.5. The van der Waals surface area contributed by atoms with Crippen molar-refractivity contribution >= 4 is 15.8 Å². The molecule has 0 aliphatic heterocycles. The molecule has 0 saturated carbocycles. The third kappa shape index (κ3) is 3.06. The van der Waals surface area contributed by atoms with Crippen LogP contribution in [0.1, 0.15) is 24.2 Å². The molecule has 0 saturated heterocycles. The predicted octanol–water partition coefficient (Wildman–Crippen LogP) is 1.49. The van der Waals surface area contributed by atoms with Gasteiger partial charge in [0.05, 0.1) is 5.69 Å². The van der Waals surface area contributed by atoms with E-state index in [9.17, 15) is 12.8 Å². The maximum absolute atomic E-state index is 13.2. The molecular formula is C13H17FN4O2S. The summed E-state index contributed by atoms with van der Waals surface area (Å²) in [6, 6.07) is 5.17. The summed E-state index contributed by atoms with van der Waals surface area (Å²) in [4.78, 5) is -0.0479. The number of aromatic nitrogens is 2. The lowest BCUT2D eigenvalue weighted by atomic mass is 10.1. The third-order valence-electron chi connectivity index (χ3n) is 3.25. The molecule has 114 valence electrons. The van der Waals surface area contributed by atoms with Gasteiger partial charge in [0.25, 0.3) is 0 Å². The number of nitrogen functional groups attached to an aromatic ring is 1. The van der Waals surface area contributed by atoms with E-state index in [0.29, 0.717) is 11.3 Å². The van der Waals surface area contributed by atoms with Crippen LogP contribution in [-0.2, 0) is 17.1 Å². The number of rotatable bonds is 4. The van der Waals surface area contributed by atoms with E-state index in [1.807, 2.05) is 0 Å². The monoisotopic (exact) mass is 312 g/mol. The number of hydrogen-bond acceptors (Lipinski definition) is 4. The Morgan fingerprint density at radius 2 is 2.10 bits per heavy atom. The van der Waals surface area contributed by atoms with E-state index in [1.54, 1.807) is 27.0 Å². The number of halogens is 1. The van der Waals surface area contributed by atoms with Crippen molar-refractivity contribution in [2.24, 2.45) is 7.05 Å². The van der Waals surface area contributed by atoms with Gasteiger partial charge >= 0.3 is 0 Å². The predicted molar refractivity (Wildman–Crippen MR) is 77.5 cm³/mol. The Balaban J connectivity index is 2.33. The van der Waals surface area contributed by atoms with Crippen molar-refractivity contribution in [1.29, 1.82) is 0 Å². The summed E-state index contributed by atoms with van der Waals surface area (Å²) >= 11 is 0. The van der Waals surface area contributed by atoms with E-state index in [1.165, 1.54) is 22.9 Å². The normalized spacial score (nSPS) is 13.3. The molecule has 0 bridgehead atoms. The zero-order chi connectivity index (χ0) is 15.8. The number of anilines is 1. The summed E-state index contributed by atoms with van der Waals surface area (Å²) in [5, 5.41) is 3.89. The summed E-state index contributed by atoms with van der Waals surface area (Å²) < 4.78 is 41.9. The molecule has 0 radical (unpaired) electrons. The summed E-state index contributed by atoms with van der Waals surface area (Å²) in [5.41, 5.74) is 6.62. The molecule has 8 heteroatoms. The maximum atomic E-state index is 13.2. The maximum Gasteiger partial charge on any atom is 0.246 e. The Morgan fingerprint density at radius 3 is 2.62 bits per heavy atom. The highest BCUT2D eigenvalue weighted by molar-refractivity contribution is 7.89. The molecule has 6 nitrogen and oxygen atoms in total. The molecule has 0 aliphatic carbocycles. The molecule has 0 aliphatic rings. The third-order valence-corrected chi connectivity index (χ3v) is 4.96. The highest BCUT2D eigenvalue weighted by Crippen LogP contribution is 2.23. The molecule has 1 unspecified atom stereocenters. The quantitative estimate of drug-likeness (QED) is 0.895. The first-order valence-electron chi connectivity index (χ1n) is 6.29. The summed E-state index contributed by atoms with van der Waals surface area (Å²) in [6.45, 7) is 3.25. The second kappa shape index (κ2) is 5.45. The number of nitrogens with zero attached hydrogens (tertiary/aromatic N) is 2. The lowest BCUT2D eigenvalue weighted by molar-refractivity contribution is 0.564. The second-order valence-corrected chi connectivity index (χ2v) is 6.47. The van der Waals surface area contributed by atoms with Gasteiger partial charge in [-0.3, -0.25) is 4.68 Å². The van der Waals surface area contributed by atoms with Crippen molar-refractivity contribution in [3.63, 3.8) is 0 Å². The first-order valence-corrected chi connectivity index (χ1v) is 7.77. The Kier molecular flexibility index (Phi) is 4.02. The van der Waals surface area contributed by atoms with E-state index in [2.05, 4.69) is 9.82 Å². The average molecular weight is 312 g/mol. The van der Waals surface area contributed by atoms with Crippen molar-refractivity contribution in [2.45, 2.75) is 24.8 Å². The lowest BCUT2D eigenvalue weighted by Crippen LogP contribution is -2.28. The zero-order valence-corrected chi connectivity index (χ0v) is 12.8. The number of benzene rings is 1. The van der Waals surface area contributed by atoms with Gasteiger partial charge in [0.1, 0.15) is 10.7 Å². The molecule has 21 heavy (non-hydrogen) atoms. The Hall–Kier alpha value is -1.93. The molecule has 2 aromatic rings. The highest BCUT2D eigenvalue weighted by atomic mass is 32.2. The lowest BCUT2D eigenvalue weighted by Gasteiger charge is -2.14. The minimum Gasteiger partial charge on any atom is -0.381 e. The number of nitrogens with one attached hydrogen (secondary N) is 1. The van der Waals surface area contributed by atoms with Crippen LogP contribution < -0.4 is 10.5 Å². The minimum absolute atomic E-state index is 0.0479. The number of hydrogen-bond donors (Lipinski definition) is 2. The summed E-state index contributed by atoms with van der Waals surface area (Å²) in [7, 11) is -2.23. The highest BCUT2D eigenvalue weighted by Gasteiger charge is 2.26. The average Bonchev–Trinajstić information content (AvgIpc) is 2.63. The SMILES string of the molecule is Cc1c(S(=O)(=O)NC(C)c2cccc(F)c2)c(N)nn1C. The van der Waals surface area contributed by atoms with Crippen molar-refractivity contribution in [2.75, 3.05) is 5.73 Å². The van der Waals surface area contributed by atoms with Crippen LogP contribution in [0.4, 0.5) is 10.2 Å². The van der Waals surface area contributed by atoms with Crippen LogP contribution in [0.3, 0.4) is 0 Å². The van der Waals surface area contributed by atoms with E-state index >= 15 is 0 Å². The Morgan fingerprint density at radius 1 is 1.43 bits per heavy atom. The van der Waals surface area contributed by atoms with Crippen molar-refractivity contribution in [3.05, 3.63) is 41.3 Å². The Labute approximate surface area is 122 Å². The van der Waals surface area contributed by atoms with Crippen LogP contribution in [0, 0.1) is 12.7 Å². The first-order chi connectivity index (χ1) is 9.72. The van der Waals surface area contributed by atoms with Gasteiger partial charge in [-0.15, -0.1) is 0 Å². The van der Waals surface area contributed by atoms with Crippen molar-refractivity contribution in [3.8, 4) is 0 Å². The number of nitrogens with two attached hydrogens (primary N) is 1. The summed E-state index contributed by atoms with van der Waals surface area (Å²) in [6.07, 6.45) is 0. The van der Waals surface area contributed by atoms with Gasteiger partial charge in [0.2, 0.25) is 10.0 Å². The molecule has 0 fully saturated rings. The van der Waals surface area contributed by atoms with Crippen LogP contribution in [0.2, 0.25) is 0 Å². The fourth-order valence-electron chi connectivity index (χ4n) is 2.08. The fourth-order valence-corrected chi connectivity index (χ4v) is 3.64. The molecule has 2 rings (SSSR count). The van der Waals surface area contributed by atoms with Gasteiger partial charge in [-0.05, 0) is 31.5 Å². The van der Waals surface area contributed by atoms with Crippen molar-refractivity contribution in [1.82, 2.24) is 14.5 Å². The van der Waals surface area contributed by atoms with Gasteiger partial charge in [0.15, 0.2) is 5.82 Å². The molecular weight excluding hydrogens is 295 g/mol. The van der Waals surface area contributed by atoms with Crippen LogP contribution in [0.5, 0.6) is 0 Å². The van der Waals surface area contributed by atoms with E-state index in [-0.39, 0.29) is 10.7 Å². The van der Waals surface area contributed by atoms with Gasteiger partial charge in [-0.25, -0.2) is 17.5 Å². The molecule has 1 aromatic carbocycles. The Bertz CT molecular complexity index is 770. The van der Waals surface area contributed by atoms with Gasteiger partial charge in [0, 0.05) is 13.1 Å². The van der Waals surface area contributed by atoms with E-state index in [4.69, 9.17) is 5.73 Å². The van der Waals surface area contributed by atoms with Gasteiger partial charge in [-0.1, -0.05) is 12.1 Å². The smallest absolute Gasteiger partial charge is 0.246 e. The van der Waals surface area contributed by atoms with Crippen LogP contribution >= 0.6 is 0 Å². The molecule has 1 atom stereocenters. The zero-order valence-electron chi connectivity index (χ0n) is 12.0. The van der Waals surface area contributed by atoms with Crippen molar-refractivity contribution < 1.29 is 12.8 Å². The fraction of sp³-hybridized carbons (Fsp3) is 0.308. The summed E-state index contributed by atoms with van der Waals surface area (Å²) in [5.74, 6) is -0.482. The van der Waals surface area contributed by atoms with E-state index < -0.39 is 21.9 Å². The molecule has 1 heterocycles. The molecule has 1 aromatic heterocycles. The topological polar surface area (TPSA) is 90.0 Å². The van der Waals surface area contributed by atoms with Gasteiger partial charge in [-0.2, -0.15) is 5.10 Å². The molecule has 3 N–H and O–H groups in total. The number of aryl methyl sites for hydroxylation is 1. The van der Waals surface area contributed by atoms with E-state index in [0.717, 1.165) is 0 Å². The minimum atomic E-state index is -3.84. The van der Waals surface area contributed by atoms with Crippen LogP contribution in [-0.4, -0.2) is 18.2 Å². The number of sulfonamides is 1. The largest absolute Gasteiger partial charge is 0.381 e. The standard InChI is InChI=1S/C13H17FN4O2S/c1-8(10-5-4-6-11(14)7-10)17-21(19,20)12-9(2)18(3)16-13(12)15/h4-8,17H,1-3H3,(H2,15,16). The molecule has 0 amide bonds. The van der Waals surface area contributed by atoms with Crippen LogP contribution in [0.25, 0.3) is 0 Å². The molecule has 0 spiro atoms. The van der Waals surface area contributed by atoms with Gasteiger partial charge < -0.3 is 5.73 Å². The van der Waals surface area contributed by atoms with Crippen LogP contribution in [0.15, 0.2) is 29.2 Å². The second-order valence-electron chi connectivity index (χ2n) is 4.82.